The second-order valence-corrected chi connectivity index (χ2v) is 17.8. The highest BCUT2D eigenvalue weighted by atomic mass is 19.4. The van der Waals surface area contributed by atoms with Gasteiger partial charge in [-0.2, -0.15) is 18.4 Å². The number of benzene rings is 1. The average molecular weight is 871 g/mol. The number of hydrogen-bond donors (Lipinski definition) is 2. The number of pyridine rings is 2. The van der Waals surface area contributed by atoms with Crippen molar-refractivity contribution in [2.24, 2.45) is 11.3 Å². The molecule has 19 heteroatoms. The quantitative estimate of drug-likeness (QED) is 0.240. The normalized spacial score (nSPS) is 22.7. The summed E-state index contributed by atoms with van der Waals surface area (Å²) in [4.78, 5) is 81.2. The van der Waals surface area contributed by atoms with Crippen LogP contribution in [-0.2, 0) is 20.6 Å². The summed E-state index contributed by atoms with van der Waals surface area (Å²) in [5.74, 6) is -2.12. The lowest BCUT2D eigenvalue weighted by Crippen LogP contribution is -2.61. The van der Waals surface area contributed by atoms with Gasteiger partial charge < -0.3 is 24.9 Å². The van der Waals surface area contributed by atoms with Crippen molar-refractivity contribution >= 4 is 52.4 Å². The van der Waals surface area contributed by atoms with E-state index in [-0.39, 0.29) is 61.3 Å². The fraction of sp³-hybridized carbons (Fsp3) is 0.500. The van der Waals surface area contributed by atoms with E-state index in [0.29, 0.717) is 11.5 Å². The molecule has 8 heterocycles. The summed E-state index contributed by atoms with van der Waals surface area (Å²) < 4.78 is 56.1. The van der Waals surface area contributed by atoms with Crippen LogP contribution in [-0.4, -0.2) is 120 Å². The molecule has 63 heavy (non-hydrogen) atoms. The van der Waals surface area contributed by atoms with Gasteiger partial charge >= 0.3 is 6.18 Å². The lowest BCUT2D eigenvalue weighted by Gasteiger charge is -2.55. The first-order valence-electron chi connectivity index (χ1n) is 21.4. The molecule has 1 unspecified atom stereocenters. The number of carbonyl (C=O) groups excluding carboxylic acids is 5. The van der Waals surface area contributed by atoms with Gasteiger partial charge in [0, 0.05) is 83.9 Å². The van der Waals surface area contributed by atoms with Crippen LogP contribution in [0.4, 0.5) is 40.4 Å². The van der Waals surface area contributed by atoms with E-state index in [4.69, 9.17) is 5.26 Å². The zero-order valence-electron chi connectivity index (χ0n) is 34.4. The number of halogens is 4. The van der Waals surface area contributed by atoms with E-state index >= 15 is 4.39 Å². The Morgan fingerprint density at radius 3 is 2.10 bits per heavy atom. The Bertz CT molecular complexity index is 2370. The molecule has 6 aliphatic heterocycles. The predicted octanol–water partition coefficient (Wildman–Crippen LogP) is 4.53. The van der Waals surface area contributed by atoms with E-state index in [0.717, 1.165) is 100 Å². The van der Waals surface area contributed by atoms with Gasteiger partial charge in [-0.15, -0.1) is 0 Å². The highest BCUT2D eigenvalue weighted by Gasteiger charge is 2.48. The van der Waals surface area contributed by atoms with Gasteiger partial charge in [-0.3, -0.25) is 34.2 Å². The molecule has 0 radical (unpaired) electrons. The molecule has 330 valence electrons. The molecule has 15 nitrogen and oxygen atoms in total. The predicted molar refractivity (Wildman–Crippen MR) is 220 cm³/mol. The second kappa shape index (κ2) is 16.2. The number of nitrogens with one attached hydrogen (secondary N) is 2. The molecule has 5 saturated heterocycles. The zero-order chi connectivity index (χ0) is 44.3. The van der Waals surface area contributed by atoms with Crippen LogP contribution in [0.25, 0.3) is 0 Å². The number of piperidine rings is 4. The number of rotatable bonds is 8. The van der Waals surface area contributed by atoms with Crippen LogP contribution < -0.4 is 25.3 Å². The number of amides is 5. The highest BCUT2D eigenvalue weighted by molar-refractivity contribution is 6.23. The van der Waals surface area contributed by atoms with Crippen LogP contribution >= 0.6 is 0 Å². The Labute approximate surface area is 360 Å². The van der Waals surface area contributed by atoms with Crippen molar-refractivity contribution in [1.29, 1.82) is 5.26 Å². The topological polar surface area (TPSA) is 175 Å². The molecule has 3 aromatic rings. The first-order chi connectivity index (χ1) is 30.1. The first kappa shape index (κ1) is 42.2. The molecular formula is C44H46F4N10O5. The third kappa shape index (κ3) is 8.16. The van der Waals surface area contributed by atoms with E-state index in [9.17, 15) is 37.1 Å². The van der Waals surface area contributed by atoms with E-state index in [1.54, 1.807) is 24.4 Å². The Morgan fingerprint density at radius 2 is 1.44 bits per heavy atom. The summed E-state index contributed by atoms with van der Waals surface area (Å²) in [6.45, 7) is 6.49. The van der Waals surface area contributed by atoms with Crippen molar-refractivity contribution < 1.29 is 41.5 Å². The van der Waals surface area contributed by atoms with Gasteiger partial charge in [0.25, 0.3) is 17.7 Å². The Hall–Kier alpha value is -6.16. The number of likely N-dealkylation sites (tertiary alicyclic amines) is 1. The molecule has 5 amide bonds. The third-order valence-corrected chi connectivity index (χ3v) is 13.8. The smallest absolute Gasteiger partial charge is 0.371 e. The number of aromatic nitrogens is 2. The van der Waals surface area contributed by atoms with Gasteiger partial charge in [0.15, 0.2) is 11.4 Å². The third-order valence-electron chi connectivity index (χ3n) is 13.8. The van der Waals surface area contributed by atoms with Crippen LogP contribution in [0.2, 0.25) is 0 Å². The summed E-state index contributed by atoms with van der Waals surface area (Å²) in [5, 5.41) is 13.8. The lowest BCUT2D eigenvalue weighted by atomic mass is 9.71. The molecule has 6 aliphatic rings. The van der Waals surface area contributed by atoms with Crippen molar-refractivity contribution in [2.75, 3.05) is 78.9 Å². The fourth-order valence-electron chi connectivity index (χ4n) is 10.1. The van der Waals surface area contributed by atoms with Crippen molar-refractivity contribution in [3.63, 3.8) is 0 Å². The monoisotopic (exact) mass is 870 g/mol. The van der Waals surface area contributed by atoms with Gasteiger partial charge in [0.1, 0.15) is 17.9 Å². The van der Waals surface area contributed by atoms with E-state index in [2.05, 4.69) is 35.3 Å². The largest absolute Gasteiger partial charge is 0.419 e. The Morgan fingerprint density at radius 1 is 0.810 bits per heavy atom. The lowest BCUT2D eigenvalue weighted by molar-refractivity contribution is -0.138. The molecule has 1 aromatic carbocycles. The number of nitriles is 1. The molecule has 5 fully saturated rings. The average Bonchev–Trinajstić information content (AvgIpc) is 3.51. The number of imide groups is 2. The van der Waals surface area contributed by atoms with Gasteiger partial charge in [0.2, 0.25) is 11.8 Å². The number of fused-ring (bicyclic) bond motifs is 1. The molecule has 2 aromatic heterocycles. The van der Waals surface area contributed by atoms with Crippen LogP contribution in [0.5, 0.6) is 0 Å². The molecule has 9 rings (SSSR count). The molecule has 0 saturated carbocycles. The van der Waals surface area contributed by atoms with E-state index in [1.165, 1.54) is 11.0 Å². The molecule has 0 aliphatic carbocycles. The number of alkyl halides is 4. The van der Waals surface area contributed by atoms with Gasteiger partial charge in [-0.25, -0.2) is 14.4 Å². The van der Waals surface area contributed by atoms with Crippen molar-refractivity contribution in [3.8, 4) is 6.07 Å². The van der Waals surface area contributed by atoms with Crippen molar-refractivity contribution in [1.82, 2.24) is 25.1 Å². The molecule has 2 N–H and O–H groups in total. The maximum Gasteiger partial charge on any atom is 0.419 e. The number of anilines is 4. The minimum absolute atomic E-state index is 0.0146. The maximum absolute atomic E-state index is 15.8. The minimum atomic E-state index is -4.77. The SMILES string of the molecule is N#Cc1ncc(N2CCC(F)(C(=O)Nc3ccc(N4CCC(CN5CC6(CCN(c7ccc8c(c7)C(=O)N(C7CCC(=O)NC7=O)C8=O)CC6)C5)CC4)cn3)CC2)cc1C(F)(F)F. The summed E-state index contributed by atoms with van der Waals surface area (Å²) in [6.07, 6.45) is 1.85. The summed E-state index contributed by atoms with van der Waals surface area (Å²) in [5.41, 5.74) is -1.40. The number of hydrogen-bond acceptors (Lipinski definition) is 12. The van der Waals surface area contributed by atoms with Crippen LogP contribution in [0, 0.1) is 22.7 Å². The van der Waals surface area contributed by atoms with Gasteiger partial charge in [-0.05, 0) is 79.8 Å². The summed E-state index contributed by atoms with van der Waals surface area (Å²) >= 11 is 0. The summed E-state index contributed by atoms with van der Waals surface area (Å²) in [7, 11) is 0. The fourth-order valence-corrected chi connectivity index (χ4v) is 10.1. The van der Waals surface area contributed by atoms with Crippen LogP contribution in [0.1, 0.15) is 83.3 Å². The maximum atomic E-state index is 15.8. The Balaban J connectivity index is 0.699. The summed E-state index contributed by atoms with van der Waals surface area (Å²) in [6, 6.07) is 10.1. The number of nitrogens with zero attached hydrogens (tertiary/aromatic N) is 8. The standard InChI is InChI=1S/C44H46F4N10O5/c45-43(11-17-57(18-12-43)30-20-33(44(46,47)48)34(21-49)50-23-30)41(63)52-36-5-2-29(22-51-36)55-13-7-27(8-14-55)24-54-25-42(26-54)9-15-56(16-10-42)28-1-3-31-32(19-28)40(62)58(39(31)61)35-4-6-37(59)53-38(35)60/h1-3,5,19-20,22-23,27,35H,4,6-18,24-26H2,(H,51,52,63)(H,53,59,60). The number of carbonyl (C=O) groups is 5. The Kier molecular flexibility index (Phi) is 10.8. The molecule has 1 atom stereocenters. The minimum Gasteiger partial charge on any atom is -0.371 e. The van der Waals surface area contributed by atoms with Gasteiger partial charge in [0.05, 0.1) is 40.5 Å². The molecule has 0 bridgehead atoms. The van der Waals surface area contributed by atoms with E-state index in [1.807, 2.05) is 12.1 Å². The van der Waals surface area contributed by atoms with Crippen LogP contribution in [0.15, 0.2) is 48.8 Å². The van der Waals surface area contributed by atoms with Crippen molar-refractivity contribution in [2.45, 2.75) is 69.3 Å². The zero-order valence-corrected chi connectivity index (χ0v) is 34.4. The molecule has 1 spiro atoms. The molecular weight excluding hydrogens is 825 g/mol. The first-order valence-corrected chi connectivity index (χ1v) is 21.4. The van der Waals surface area contributed by atoms with E-state index < -0.39 is 58.7 Å². The van der Waals surface area contributed by atoms with Gasteiger partial charge in [-0.1, -0.05) is 0 Å². The highest BCUT2D eigenvalue weighted by Crippen LogP contribution is 2.43. The van der Waals surface area contributed by atoms with Crippen LogP contribution in [0.3, 0.4) is 0 Å². The second-order valence-electron chi connectivity index (χ2n) is 17.8. The van der Waals surface area contributed by atoms with Crippen molar-refractivity contribution in [3.05, 3.63) is 71.2 Å².